The highest BCUT2D eigenvalue weighted by Gasteiger charge is 2.06. The average Bonchev–Trinajstić information content (AvgIpc) is 2.29. The standard InChI is InChI=1S/C10H12N2O2S/c1-14-10(13)9-11-6-8(7-12-9)4-2-3-5-15/h2,4,6-7,15H,3,5H2,1H3. The first-order valence-corrected chi connectivity index (χ1v) is 5.09. The highest BCUT2D eigenvalue weighted by Crippen LogP contribution is 2.01. The van der Waals surface area contributed by atoms with Gasteiger partial charge < -0.3 is 4.74 Å². The molecule has 5 heteroatoms. The molecule has 0 unspecified atom stereocenters. The Morgan fingerprint density at radius 1 is 1.53 bits per heavy atom. The van der Waals surface area contributed by atoms with E-state index in [9.17, 15) is 4.79 Å². The van der Waals surface area contributed by atoms with Crippen LogP contribution in [-0.4, -0.2) is 28.8 Å². The molecular weight excluding hydrogens is 212 g/mol. The van der Waals surface area contributed by atoms with Gasteiger partial charge in [0.1, 0.15) is 0 Å². The third-order valence-corrected chi connectivity index (χ3v) is 1.90. The van der Waals surface area contributed by atoms with E-state index in [4.69, 9.17) is 0 Å². The smallest absolute Gasteiger partial charge is 0.376 e. The fourth-order valence-corrected chi connectivity index (χ4v) is 1.06. The van der Waals surface area contributed by atoms with Gasteiger partial charge in [0, 0.05) is 18.0 Å². The van der Waals surface area contributed by atoms with Crippen LogP contribution < -0.4 is 0 Å². The van der Waals surface area contributed by atoms with Crippen LogP contribution in [0.4, 0.5) is 0 Å². The molecule has 0 radical (unpaired) electrons. The van der Waals surface area contributed by atoms with Crippen molar-refractivity contribution in [1.29, 1.82) is 0 Å². The van der Waals surface area contributed by atoms with Crippen molar-refractivity contribution in [2.45, 2.75) is 6.42 Å². The summed E-state index contributed by atoms with van der Waals surface area (Å²) in [6.07, 6.45) is 7.91. The van der Waals surface area contributed by atoms with Gasteiger partial charge in [-0.1, -0.05) is 12.2 Å². The molecule has 0 aliphatic carbocycles. The normalized spacial score (nSPS) is 10.5. The SMILES string of the molecule is COC(=O)c1ncc(C=CCCS)cn1. The van der Waals surface area contributed by atoms with Crippen molar-refractivity contribution in [3.63, 3.8) is 0 Å². The van der Waals surface area contributed by atoms with E-state index < -0.39 is 5.97 Å². The highest BCUT2D eigenvalue weighted by molar-refractivity contribution is 7.80. The molecule has 15 heavy (non-hydrogen) atoms. The minimum absolute atomic E-state index is 0.0730. The third-order valence-electron chi connectivity index (χ3n) is 1.65. The quantitative estimate of drug-likeness (QED) is 0.623. The molecule has 0 saturated heterocycles. The van der Waals surface area contributed by atoms with Crippen molar-refractivity contribution in [1.82, 2.24) is 9.97 Å². The number of thiol groups is 1. The molecular formula is C10H12N2O2S. The molecule has 0 saturated carbocycles. The maximum atomic E-state index is 11.0. The van der Waals surface area contributed by atoms with Crippen LogP contribution in [0.5, 0.6) is 0 Å². The monoisotopic (exact) mass is 224 g/mol. The molecule has 0 N–H and O–H groups in total. The number of hydrogen-bond acceptors (Lipinski definition) is 5. The Kier molecular flexibility index (Phi) is 4.83. The molecule has 0 atom stereocenters. The summed E-state index contributed by atoms with van der Waals surface area (Å²) in [5.41, 5.74) is 0.851. The lowest BCUT2D eigenvalue weighted by molar-refractivity contribution is 0.0586. The van der Waals surface area contributed by atoms with Crippen molar-refractivity contribution in [2.75, 3.05) is 12.9 Å². The van der Waals surface area contributed by atoms with Crippen molar-refractivity contribution in [3.05, 3.63) is 29.9 Å². The molecule has 1 aromatic rings. The summed E-state index contributed by atoms with van der Waals surface area (Å²) in [6, 6.07) is 0. The van der Waals surface area contributed by atoms with E-state index in [2.05, 4.69) is 27.3 Å². The third kappa shape index (κ3) is 3.71. The first-order chi connectivity index (χ1) is 7.27. The minimum atomic E-state index is -0.527. The number of carbonyl (C=O) groups is 1. The Morgan fingerprint density at radius 2 is 2.20 bits per heavy atom. The van der Waals surface area contributed by atoms with Gasteiger partial charge in [-0.3, -0.25) is 0 Å². The largest absolute Gasteiger partial charge is 0.463 e. The lowest BCUT2D eigenvalue weighted by Crippen LogP contribution is -2.06. The lowest BCUT2D eigenvalue weighted by Gasteiger charge is -1.97. The van der Waals surface area contributed by atoms with E-state index >= 15 is 0 Å². The predicted molar refractivity (Wildman–Crippen MR) is 60.9 cm³/mol. The Labute approximate surface area is 93.8 Å². The van der Waals surface area contributed by atoms with Gasteiger partial charge in [0.25, 0.3) is 0 Å². The van der Waals surface area contributed by atoms with E-state index in [0.29, 0.717) is 0 Å². The molecule has 0 fully saturated rings. The molecule has 80 valence electrons. The van der Waals surface area contributed by atoms with Gasteiger partial charge in [0.15, 0.2) is 0 Å². The first-order valence-electron chi connectivity index (χ1n) is 4.45. The van der Waals surface area contributed by atoms with Crippen LogP contribution in [0.3, 0.4) is 0 Å². The number of allylic oxidation sites excluding steroid dienone is 1. The molecule has 1 heterocycles. The molecule has 0 aromatic carbocycles. The minimum Gasteiger partial charge on any atom is -0.463 e. The molecule has 0 bridgehead atoms. The van der Waals surface area contributed by atoms with Crippen molar-refractivity contribution >= 4 is 24.7 Å². The molecule has 0 aliphatic rings. The van der Waals surface area contributed by atoms with Crippen molar-refractivity contribution < 1.29 is 9.53 Å². The Balaban J connectivity index is 2.68. The van der Waals surface area contributed by atoms with Crippen LogP contribution in [0.15, 0.2) is 18.5 Å². The van der Waals surface area contributed by atoms with Crippen LogP contribution in [-0.2, 0) is 4.74 Å². The summed E-state index contributed by atoms with van der Waals surface area (Å²) in [5.74, 6) is 0.349. The number of esters is 1. The zero-order chi connectivity index (χ0) is 11.1. The number of nitrogens with zero attached hydrogens (tertiary/aromatic N) is 2. The van der Waals surface area contributed by atoms with E-state index in [1.54, 1.807) is 12.4 Å². The topological polar surface area (TPSA) is 52.1 Å². The lowest BCUT2D eigenvalue weighted by atomic mass is 10.3. The fraction of sp³-hybridized carbons (Fsp3) is 0.300. The van der Waals surface area contributed by atoms with Crippen LogP contribution in [0.1, 0.15) is 22.6 Å². The molecule has 0 spiro atoms. The van der Waals surface area contributed by atoms with Gasteiger partial charge in [0.05, 0.1) is 7.11 Å². The summed E-state index contributed by atoms with van der Waals surface area (Å²) < 4.78 is 4.48. The molecule has 1 aromatic heterocycles. The van der Waals surface area contributed by atoms with Gasteiger partial charge in [-0.2, -0.15) is 12.6 Å². The summed E-state index contributed by atoms with van der Waals surface area (Å²) in [5, 5.41) is 0. The van der Waals surface area contributed by atoms with Gasteiger partial charge in [0.2, 0.25) is 5.82 Å². The Bertz CT molecular complexity index is 349. The number of aromatic nitrogens is 2. The maximum Gasteiger partial charge on any atom is 0.376 e. The number of hydrogen-bond donors (Lipinski definition) is 1. The van der Waals surface area contributed by atoms with E-state index in [1.165, 1.54) is 7.11 Å². The second-order valence-electron chi connectivity index (χ2n) is 2.75. The Morgan fingerprint density at radius 3 is 2.73 bits per heavy atom. The summed E-state index contributed by atoms with van der Waals surface area (Å²) in [4.78, 5) is 18.8. The molecule has 0 aliphatic heterocycles. The van der Waals surface area contributed by atoms with Crippen LogP contribution >= 0.6 is 12.6 Å². The second kappa shape index (κ2) is 6.19. The summed E-state index contributed by atoms with van der Waals surface area (Å²) in [6.45, 7) is 0. The number of rotatable bonds is 4. The van der Waals surface area contributed by atoms with Crippen LogP contribution in [0.2, 0.25) is 0 Å². The maximum absolute atomic E-state index is 11.0. The van der Waals surface area contributed by atoms with Crippen LogP contribution in [0, 0.1) is 0 Å². The zero-order valence-corrected chi connectivity index (χ0v) is 9.28. The average molecular weight is 224 g/mol. The molecule has 0 amide bonds. The number of ether oxygens (including phenoxy) is 1. The summed E-state index contributed by atoms with van der Waals surface area (Å²) >= 11 is 4.08. The van der Waals surface area contributed by atoms with Gasteiger partial charge in [-0.25, -0.2) is 14.8 Å². The van der Waals surface area contributed by atoms with Gasteiger partial charge in [-0.05, 0) is 12.2 Å². The number of methoxy groups -OCH3 is 1. The van der Waals surface area contributed by atoms with E-state index in [-0.39, 0.29) is 5.82 Å². The van der Waals surface area contributed by atoms with Crippen molar-refractivity contribution in [3.8, 4) is 0 Å². The zero-order valence-electron chi connectivity index (χ0n) is 8.38. The second-order valence-corrected chi connectivity index (χ2v) is 3.19. The first kappa shape index (κ1) is 11.7. The fourth-order valence-electron chi connectivity index (χ4n) is 0.915. The number of carbonyl (C=O) groups excluding carboxylic acids is 1. The Hall–Kier alpha value is -1.36. The van der Waals surface area contributed by atoms with Gasteiger partial charge >= 0.3 is 5.97 Å². The molecule has 4 nitrogen and oxygen atoms in total. The van der Waals surface area contributed by atoms with Crippen molar-refractivity contribution in [2.24, 2.45) is 0 Å². The van der Waals surface area contributed by atoms with Crippen LogP contribution in [0.25, 0.3) is 6.08 Å². The highest BCUT2D eigenvalue weighted by atomic mass is 32.1. The predicted octanol–water partition coefficient (Wildman–Crippen LogP) is 1.60. The van der Waals surface area contributed by atoms with E-state index in [1.807, 2.05) is 12.2 Å². The van der Waals surface area contributed by atoms with E-state index in [0.717, 1.165) is 17.7 Å². The molecule has 1 rings (SSSR count). The van der Waals surface area contributed by atoms with Gasteiger partial charge in [-0.15, -0.1) is 0 Å². The summed E-state index contributed by atoms with van der Waals surface area (Å²) in [7, 11) is 1.30.